The van der Waals surface area contributed by atoms with Crippen molar-refractivity contribution in [3.63, 3.8) is 0 Å². The molecule has 0 aliphatic heterocycles. The zero-order valence-corrected chi connectivity index (χ0v) is 10.2. The number of esters is 1. The summed E-state index contributed by atoms with van der Waals surface area (Å²) in [6.45, 7) is 2.11. The van der Waals surface area contributed by atoms with E-state index in [1.807, 2.05) is 0 Å². The van der Waals surface area contributed by atoms with Crippen LogP contribution in [0.3, 0.4) is 0 Å². The van der Waals surface area contributed by atoms with Gasteiger partial charge >= 0.3 is 5.97 Å². The van der Waals surface area contributed by atoms with Crippen molar-refractivity contribution in [2.75, 3.05) is 12.3 Å². The molecular formula is C11H17N3O4. The van der Waals surface area contributed by atoms with Crippen LogP contribution in [-0.4, -0.2) is 27.7 Å². The van der Waals surface area contributed by atoms with Crippen LogP contribution in [0.1, 0.15) is 31.7 Å². The molecule has 0 atom stereocenters. The number of aromatic amines is 1. The number of nitrogen functional groups attached to an aromatic ring is 1. The number of unbranched alkanes of at least 4 members (excludes halogenated alkanes) is 1. The van der Waals surface area contributed by atoms with Gasteiger partial charge in [0.05, 0.1) is 12.2 Å². The first-order valence-electron chi connectivity index (χ1n) is 5.77. The maximum atomic E-state index is 11.5. The Kier molecular flexibility index (Phi) is 5.16. The molecule has 0 radical (unpaired) electrons. The Morgan fingerprint density at radius 1 is 1.50 bits per heavy atom. The van der Waals surface area contributed by atoms with Crippen molar-refractivity contribution in [1.82, 2.24) is 9.97 Å². The third-order valence-electron chi connectivity index (χ3n) is 2.37. The summed E-state index contributed by atoms with van der Waals surface area (Å²) in [5.74, 6) is -0.730. The predicted molar refractivity (Wildman–Crippen MR) is 65.1 cm³/mol. The van der Waals surface area contributed by atoms with Gasteiger partial charge in [0, 0.05) is 6.42 Å². The maximum Gasteiger partial charge on any atom is 0.305 e. The summed E-state index contributed by atoms with van der Waals surface area (Å²) in [6.07, 6.45) is 1.81. The number of nitrogens with two attached hydrogens (primary N) is 1. The van der Waals surface area contributed by atoms with Crippen molar-refractivity contribution in [1.29, 1.82) is 0 Å². The molecule has 0 bridgehead atoms. The highest BCUT2D eigenvalue weighted by Crippen LogP contribution is 2.12. The standard InChI is InChI=1S/C11H17N3O4/c1-2-18-8(15)6-4-3-5-7-9(16)13-11(12)14-10(7)17/h2-6H2,1H3,(H4,12,13,14,16,17). The number of H-pyrrole nitrogens is 1. The van der Waals surface area contributed by atoms with E-state index < -0.39 is 5.56 Å². The summed E-state index contributed by atoms with van der Waals surface area (Å²) >= 11 is 0. The van der Waals surface area contributed by atoms with Gasteiger partial charge in [-0.3, -0.25) is 14.6 Å². The lowest BCUT2D eigenvalue weighted by molar-refractivity contribution is -0.143. The minimum absolute atomic E-state index is 0.118. The Morgan fingerprint density at radius 3 is 2.83 bits per heavy atom. The lowest BCUT2D eigenvalue weighted by atomic mass is 10.1. The van der Waals surface area contributed by atoms with Crippen molar-refractivity contribution >= 4 is 11.9 Å². The Labute approximate surface area is 104 Å². The van der Waals surface area contributed by atoms with E-state index in [0.717, 1.165) is 0 Å². The van der Waals surface area contributed by atoms with Gasteiger partial charge in [0.2, 0.25) is 11.8 Å². The normalized spacial score (nSPS) is 10.3. The number of nitrogens with zero attached hydrogens (tertiary/aromatic N) is 1. The highest BCUT2D eigenvalue weighted by Gasteiger charge is 2.09. The van der Waals surface area contributed by atoms with Crippen LogP contribution in [0.2, 0.25) is 0 Å². The van der Waals surface area contributed by atoms with Crippen molar-refractivity contribution in [2.24, 2.45) is 0 Å². The van der Waals surface area contributed by atoms with Gasteiger partial charge in [0.25, 0.3) is 5.56 Å². The first-order valence-corrected chi connectivity index (χ1v) is 5.77. The van der Waals surface area contributed by atoms with Crippen molar-refractivity contribution in [2.45, 2.75) is 32.6 Å². The maximum absolute atomic E-state index is 11.5. The first-order chi connectivity index (χ1) is 8.54. The van der Waals surface area contributed by atoms with Crippen LogP contribution >= 0.6 is 0 Å². The van der Waals surface area contributed by atoms with Gasteiger partial charge in [-0.05, 0) is 26.2 Å². The third-order valence-corrected chi connectivity index (χ3v) is 2.37. The molecule has 0 unspecified atom stereocenters. The van der Waals surface area contributed by atoms with Crippen LogP contribution in [-0.2, 0) is 16.0 Å². The van der Waals surface area contributed by atoms with E-state index in [1.165, 1.54) is 0 Å². The van der Waals surface area contributed by atoms with Gasteiger partial charge in [-0.1, -0.05) is 0 Å². The molecule has 18 heavy (non-hydrogen) atoms. The zero-order chi connectivity index (χ0) is 13.5. The molecule has 7 nitrogen and oxygen atoms in total. The minimum atomic E-state index is -0.448. The van der Waals surface area contributed by atoms with Gasteiger partial charge in [0.1, 0.15) is 0 Å². The van der Waals surface area contributed by atoms with Crippen molar-refractivity contribution in [3.05, 3.63) is 15.9 Å². The average molecular weight is 255 g/mol. The SMILES string of the molecule is CCOC(=O)CCCCc1c(O)nc(N)[nH]c1=O. The molecule has 0 fully saturated rings. The molecule has 0 amide bonds. The fraction of sp³-hybridized carbons (Fsp3) is 0.545. The van der Waals surface area contributed by atoms with Crippen LogP contribution in [0.5, 0.6) is 5.88 Å². The van der Waals surface area contributed by atoms with E-state index in [0.29, 0.717) is 32.3 Å². The number of carbonyl (C=O) groups excluding carboxylic acids is 1. The quantitative estimate of drug-likeness (QED) is 0.498. The van der Waals surface area contributed by atoms with Crippen LogP contribution in [0.15, 0.2) is 4.79 Å². The smallest absolute Gasteiger partial charge is 0.305 e. The fourth-order valence-electron chi connectivity index (χ4n) is 1.53. The molecule has 100 valence electrons. The summed E-state index contributed by atoms with van der Waals surface area (Å²) in [4.78, 5) is 28.4. The summed E-state index contributed by atoms with van der Waals surface area (Å²) in [5.41, 5.74) is 5.01. The van der Waals surface area contributed by atoms with Crippen LogP contribution in [0.4, 0.5) is 5.95 Å². The fourth-order valence-corrected chi connectivity index (χ4v) is 1.53. The highest BCUT2D eigenvalue weighted by molar-refractivity contribution is 5.69. The number of anilines is 1. The second kappa shape index (κ2) is 6.63. The number of ether oxygens (including phenoxy) is 1. The molecule has 7 heteroatoms. The number of hydrogen-bond donors (Lipinski definition) is 3. The molecule has 0 aromatic carbocycles. The molecule has 1 rings (SSSR count). The molecule has 0 aliphatic carbocycles. The number of rotatable bonds is 6. The lowest BCUT2D eigenvalue weighted by Crippen LogP contribution is -2.16. The van der Waals surface area contributed by atoms with E-state index in [-0.39, 0.29) is 23.4 Å². The topological polar surface area (TPSA) is 118 Å². The predicted octanol–water partition coefficient (Wildman–Crippen LogP) is 0.334. The Hall–Kier alpha value is -2.05. The van der Waals surface area contributed by atoms with E-state index >= 15 is 0 Å². The number of aromatic nitrogens is 2. The molecule has 1 heterocycles. The molecule has 4 N–H and O–H groups in total. The van der Waals surface area contributed by atoms with Crippen molar-refractivity contribution < 1.29 is 14.6 Å². The molecule has 0 saturated heterocycles. The summed E-state index contributed by atoms with van der Waals surface area (Å²) < 4.78 is 4.77. The Morgan fingerprint density at radius 2 is 2.22 bits per heavy atom. The minimum Gasteiger partial charge on any atom is -0.493 e. The highest BCUT2D eigenvalue weighted by atomic mass is 16.5. The summed E-state index contributed by atoms with van der Waals surface area (Å²) in [5, 5.41) is 9.46. The van der Waals surface area contributed by atoms with Crippen LogP contribution in [0.25, 0.3) is 0 Å². The Bertz CT molecular complexity index is 470. The van der Waals surface area contributed by atoms with Crippen molar-refractivity contribution in [3.8, 4) is 5.88 Å². The zero-order valence-electron chi connectivity index (χ0n) is 10.2. The van der Waals surface area contributed by atoms with Crippen LogP contribution < -0.4 is 11.3 Å². The molecule has 0 aliphatic rings. The van der Waals surface area contributed by atoms with Gasteiger partial charge < -0.3 is 15.6 Å². The van der Waals surface area contributed by atoms with E-state index in [4.69, 9.17) is 10.5 Å². The van der Waals surface area contributed by atoms with Crippen LogP contribution in [0, 0.1) is 0 Å². The second-order valence-corrected chi connectivity index (χ2v) is 3.77. The van der Waals surface area contributed by atoms with E-state index in [1.54, 1.807) is 6.92 Å². The molecule has 0 spiro atoms. The molecule has 1 aromatic heterocycles. The molecule has 0 saturated carbocycles. The lowest BCUT2D eigenvalue weighted by Gasteiger charge is -2.04. The number of carbonyl (C=O) groups is 1. The van der Waals surface area contributed by atoms with Gasteiger partial charge in [-0.25, -0.2) is 0 Å². The number of nitrogens with one attached hydrogen (secondary N) is 1. The van der Waals surface area contributed by atoms with E-state index in [2.05, 4.69) is 9.97 Å². The van der Waals surface area contributed by atoms with E-state index in [9.17, 15) is 14.7 Å². The van der Waals surface area contributed by atoms with Gasteiger partial charge in [-0.15, -0.1) is 0 Å². The van der Waals surface area contributed by atoms with Gasteiger partial charge in [-0.2, -0.15) is 4.98 Å². The summed E-state index contributed by atoms with van der Waals surface area (Å²) in [6, 6.07) is 0. The second-order valence-electron chi connectivity index (χ2n) is 3.77. The van der Waals surface area contributed by atoms with Gasteiger partial charge in [0.15, 0.2) is 0 Å². The molecule has 1 aromatic rings. The monoisotopic (exact) mass is 255 g/mol. The Balaban J connectivity index is 2.45. The first kappa shape index (κ1) is 14.0. The largest absolute Gasteiger partial charge is 0.493 e. The number of aromatic hydroxyl groups is 1. The third kappa shape index (κ3) is 4.08. The summed E-state index contributed by atoms with van der Waals surface area (Å²) in [7, 11) is 0. The average Bonchev–Trinajstić information content (AvgIpc) is 2.27. The number of hydrogen-bond acceptors (Lipinski definition) is 6. The molecular weight excluding hydrogens is 238 g/mol.